The first-order chi connectivity index (χ1) is 7.34. The van der Waals surface area contributed by atoms with Gasteiger partial charge in [-0.05, 0) is 25.0 Å². The molecule has 0 heterocycles. The van der Waals surface area contributed by atoms with Crippen LogP contribution < -0.4 is 5.32 Å². The number of para-hydroxylation sites is 2. The molecule has 0 aliphatic carbocycles. The molecule has 0 aromatic heterocycles. The van der Waals surface area contributed by atoms with Gasteiger partial charge >= 0.3 is 0 Å². The molecular weight excluding hydrogens is 190 g/mol. The van der Waals surface area contributed by atoms with E-state index in [2.05, 4.69) is 5.32 Å². The Labute approximate surface area is 90.8 Å². The fraction of sp³-hybridized carbons (Fsp3) is 0.500. The van der Waals surface area contributed by atoms with Crippen molar-refractivity contribution in [3.05, 3.63) is 24.3 Å². The number of aliphatic hydroxyl groups is 1. The van der Waals surface area contributed by atoms with Gasteiger partial charge in [0, 0.05) is 13.2 Å². The van der Waals surface area contributed by atoms with Crippen LogP contribution in [0, 0.1) is 0 Å². The van der Waals surface area contributed by atoms with E-state index in [4.69, 9.17) is 5.11 Å². The molecule has 0 amide bonds. The first-order valence-electron chi connectivity index (χ1n) is 5.47. The zero-order chi connectivity index (χ0) is 10.9. The third-order valence-corrected chi connectivity index (χ3v) is 2.30. The number of phenols is 1. The second-order valence-corrected chi connectivity index (χ2v) is 3.58. The molecule has 3 heteroatoms. The van der Waals surface area contributed by atoms with Crippen molar-refractivity contribution in [2.75, 3.05) is 18.5 Å². The first kappa shape index (κ1) is 11.9. The van der Waals surface area contributed by atoms with Gasteiger partial charge in [0.1, 0.15) is 5.75 Å². The molecule has 0 aliphatic rings. The molecule has 0 saturated carbocycles. The van der Waals surface area contributed by atoms with Gasteiger partial charge in [-0.2, -0.15) is 0 Å². The van der Waals surface area contributed by atoms with Crippen LogP contribution in [0.3, 0.4) is 0 Å². The van der Waals surface area contributed by atoms with Gasteiger partial charge in [-0.15, -0.1) is 0 Å². The molecule has 0 fully saturated rings. The lowest BCUT2D eigenvalue weighted by atomic mass is 10.2. The van der Waals surface area contributed by atoms with Gasteiger partial charge in [0.05, 0.1) is 5.69 Å². The number of hydrogen-bond acceptors (Lipinski definition) is 3. The number of rotatable bonds is 7. The Morgan fingerprint density at radius 3 is 2.47 bits per heavy atom. The summed E-state index contributed by atoms with van der Waals surface area (Å²) >= 11 is 0. The van der Waals surface area contributed by atoms with E-state index < -0.39 is 0 Å². The van der Waals surface area contributed by atoms with E-state index in [9.17, 15) is 5.11 Å². The summed E-state index contributed by atoms with van der Waals surface area (Å²) in [5.74, 6) is 0.299. The Hall–Kier alpha value is -1.22. The first-order valence-corrected chi connectivity index (χ1v) is 5.47. The molecule has 0 radical (unpaired) electrons. The number of unbranched alkanes of at least 4 members (excludes halogenated alkanes) is 3. The van der Waals surface area contributed by atoms with Crippen LogP contribution in [0.1, 0.15) is 25.7 Å². The highest BCUT2D eigenvalue weighted by atomic mass is 16.3. The summed E-state index contributed by atoms with van der Waals surface area (Å²) in [6, 6.07) is 7.24. The molecule has 84 valence electrons. The van der Waals surface area contributed by atoms with Crippen molar-refractivity contribution < 1.29 is 10.2 Å². The molecule has 3 N–H and O–H groups in total. The predicted molar refractivity (Wildman–Crippen MR) is 62.2 cm³/mol. The molecule has 1 aromatic rings. The minimum Gasteiger partial charge on any atom is -0.506 e. The van der Waals surface area contributed by atoms with Gasteiger partial charge in [-0.3, -0.25) is 0 Å². The van der Waals surface area contributed by atoms with Crippen molar-refractivity contribution in [3.8, 4) is 5.75 Å². The fourth-order valence-electron chi connectivity index (χ4n) is 1.44. The Kier molecular flexibility index (Phi) is 5.63. The van der Waals surface area contributed by atoms with Crippen molar-refractivity contribution in [2.24, 2.45) is 0 Å². The van der Waals surface area contributed by atoms with Crippen LogP contribution >= 0.6 is 0 Å². The van der Waals surface area contributed by atoms with Gasteiger partial charge in [0.15, 0.2) is 0 Å². The SMILES string of the molecule is OCCCCCCNc1ccccc1O. The molecule has 1 rings (SSSR count). The number of phenolic OH excluding ortho intramolecular Hbond substituents is 1. The van der Waals surface area contributed by atoms with E-state index >= 15 is 0 Å². The third kappa shape index (κ3) is 4.70. The lowest BCUT2D eigenvalue weighted by Gasteiger charge is -2.07. The summed E-state index contributed by atoms with van der Waals surface area (Å²) in [4.78, 5) is 0. The van der Waals surface area contributed by atoms with E-state index in [0.29, 0.717) is 5.75 Å². The summed E-state index contributed by atoms with van der Waals surface area (Å²) in [7, 11) is 0. The summed E-state index contributed by atoms with van der Waals surface area (Å²) in [6.07, 6.45) is 4.13. The molecule has 0 unspecified atom stereocenters. The molecule has 1 aromatic carbocycles. The van der Waals surface area contributed by atoms with Gasteiger partial charge in [0.2, 0.25) is 0 Å². The van der Waals surface area contributed by atoms with Crippen LogP contribution in [0.15, 0.2) is 24.3 Å². The van der Waals surface area contributed by atoms with Gasteiger partial charge < -0.3 is 15.5 Å². The van der Waals surface area contributed by atoms with Crippen LogP contribution in [0.25, 0.3) is 0 Å². The highest BCUT2D eigenvalue weighted by Gasteiger charge is 1.97. The molecule has 0 spiro atoms. The summed E-state index contributed by atoms with van der Waals surface area (Å²) in [5, 5.41) is 21.2. The van der Waals surface area contributed by atoms with E-state index in [1.807, 2.05) is 18.2 Å². The lowest BCUT2D eigenvalue weighted by molar-refractivity contribution is 0.283. The number of anilines is 1. The standard InChI is InChI=1S/C12H19NO2/c14-10-6-2-1-5-9-13-11-7-3-4-8-12(11)15/h3-4,7-8,13-15H,1-2,5-6,9-10H2. The van der Waals surface area contributed by atoms with Crippen LogP contribution in [0.2, 0.25) is 0 Å². The highest BCUT2D eigenvalue weighted by Crippen LogP contribution is 2.21. The van der Waals surface area contributed by atoms with Crippen molar-refractivity contribution >= 4 is 5.69 Å². The van der Waals surface area contributed by atoms with E-state index in [-0.39, 0.29) is 6.61 Å². The second kappa shape index (κ2) is 7.12. The van der Waals surface area contributed by atoms with E-state index in [1.165, 1.54) is 0 Å². The topological polar surface area (TPSA) is 52.5 Å². The third-order valence-electron chi connectivity index (χ3n) is 2.30. The van der Waals surface area contributed by atoms with E-state index in [1.54, 1.807) is 6.07 Å². The average Bonchev–Trinajstić information content (AvgIpc) is 2.25. The van der Waals surface area contributed by atoms with Gasteiger partial charge in [-0.25, -0.2) is 0 Å². The van der Waals surface area contributed by atoms with Crippen LogP contribution in [-0.2, 0) is 0 Å². The maximum atomic E-state index is 9.46. The maximum Gasteiger partial charge on any atom is 0.138 e. The van der Waals surface area contributed by atoms with Gasteiger partial charge in [0.25, 0.3) is 0 Å². The Balaban J connectivity index is 2.12. The van der Waals surface area contributed by atoms with Crippen molar-refractivity contribution in [1.29, 1.82) is 0 Å². The number of aliphatic hydroxyl groups excluding tert-OH is 1. The van der Waals surface area contributed by atoms with E-state index in [0.717, 1.165) is 37.9 Å². The Bertz CT molecular complexity index is 276. The molecule has 0 atom stereocenters. The number of aromatic hydroxyl groups is 1. The molecule has 0 bridgehead atoms. The Morgan fingerprint density at radius 1 is 1.00 bits per heavy atom. The molecule has 15 heavy (non-hydrogen) atoms. The second-order valence-electron chi connectivity index (χ2n) is 3.58. The van der Waals surface area contributed by atoms with Gasteiger partial charge in [-0.1, -0.05) is 25.0 Å². The summed E-state index contributed by atoms with van der Waals surface area (Å²) < 4.78 is 0. The average molecular weight is 209 g/mol. The number of nitrogens with one attached hydrogen (secondary N) is 1. The minimum atomic E-state index is 0.285. The minimum absolute atomic E-state index is 0.285. The highest BCUT2D eigenvalue weighted by molar-refractivity contribution is 5.54. The summed E-state index contributed by atoms with van der Waals surface area (Å²) in [5.41, 5.74) is 0.791. The van der Waals surface area contributed by atoms with Crippen molar-refractivity contribution in [3.63, 3.8) is 0 Å². The smallest absolute Gasteiger partial charge is 0.138 e. The van der Waals surface area contributed by atoms with Crippen LogP contribution in [-0.4, -0.2) is 23.4 Å². The van der Waals surface area contributed by atoms with Crippen molar-refractivity contribution in [1.82, 2.24) is 0 Å². The number of benzene rings is 1. The molecular formula is C12H19NO2. The summed E-state index contributed by atoms with van der Waals surface area (Å²) in [6.45, 7) is 1.15. The monoisotopic (exact) mass is 209 g/mol. The fourth-order valence-corrected chi connectivity index (χ4v) is 1.44. The predicted octanol–water partition coefficient (Wildman–Crippen LogP) is 2.36. The Morgan fingerprint density at radius 2 is 1.73 bits per heavy atom. The zero-order valence-electron chi connectivity index (χ0n) is 8.95. The largest absolute Gasteiger partial charge is 0.506 e. The normalized spacial score (nSPS) is 10.2. The van der Waals surface area contributed by atoms with Crippen molar-refractivity contribution in [2.45, 2.75) is 25.7 Å². The molecule has 0 aliphatic heterocycles. The number of hydrogen-bond donors (Lipinski definition) is 3. The van der Waals surface area contributed by atoms with Crippen LogP contribution in [0.4, 0.5) is 5.69 Å². The lowest BCUT2D eigenvalue weighted by Crippen LogP contribution is -2.01. The quantitative estimate of drug-likeness (QED) is 0.477. The molecule has 3 nitrogen and oxygen atoms in total. The van der Waals surface area contributed by atoms with Crippen LogP contribution in [0.5, 0.6) is 5.75 Å². The zero-order valence-corrected chi connectivity index (χ0v) is 8.95. The molecule has 0 saturated heterocycles. The maximum absolute atomic E-state index is 9.46.